The van der Waals surface area contributed by atoms with E-state index in [9.17, 15) is 22.8 Å². The van der Waals surface area contributed by atoms with Gasteiger partial charge in [0, 0.05) is 23.4 Å². The molecule has 0 bridgehead atoms. The zero-order valence-corrected chi connectivity index (χ0v) is 15.3. The quantitative estimate of drug-likeness (QED) is 0.823. The molecule has 0 saturated heterocycles. The number of anilines is 1. The molecule has 0 saturated carbocycles. The van der Waals surface area contributed by atoms with Crippen molar-refractivity contribution in [2.24, 2.45) is 0 Å². The standard InChI is InChI=1S/C17H16F3N3O3S/c1-8-11(9(2)26-23-8)7-21-15(24)6-14-16(25)22-12-5-10(17(18,19)20)3-4-13(12)27-14/h3-5,14H,6-7H2,1-2H3,(H,21,24)(H,22,25). The van der Waals surface area contributed by atoms with Crippen molar-refractivity contribution in [3.8, 4) is 0 Å². The average Bonchev–Trinajstić information content (AvgIpc) is 2.90. The first kappa shape index (κ1) is 19.3. The van der Waals surface area contributed by atoms with Crippen molar-refractivity contribution >= 4 is 29.3 Å². The molecule has 1 aromatic heterocycles. The molecule has 1 atom stereocenters. The first-order chi connectivity index (χ1) is 12.6. The molecule has 2 N–H and O–H groups in total. The number of carbonyl (C=O) groups excluding carboxylic acids is 2. The molecule has 1 aromatic carbocycles. The first-order valence-electron chi connectivity index (χ1n) is 8.02. The number of aryl methyl sites for hydroxylation is 2. The number of nitrogens with one attached hydrogen (secondary N) is 2. The average molecular weight is 399 g/mol. The highest BCUT2D eigenvalue weighted by Crippen LogP contribution is 2.40. The molecule has 1 aliphatic heterocycles. The van der Waals surface area contributed by atoms with E-state index in [1.165, 1.54) is 6.07 Å². The number of hydrogen-bond acceptors (Lipinski definition) is 5. The molecular formula is C17H16F3N3O3S. The molecule has 0 radical (unpaired) electrons. The number of alkyl halides is 3. The third-order valence-corrected chi connectivity index (χ3v) is 5.42. The lowest BCUT2D eigenvalue weighted by Gasteiger charge is -2.24. The van der Waals surface area contributed by atoms with E-state index in [2.05, 4.69) is 15.8 Å². The number of halogens is 3. The van der Waals surface area contributed by atoms with E-state index < -0.39 is 22.9 Å². The van der Waals surface area contributed by atoms with Crippen LogP contribution in [-0.2, 0) is 22.3 Å². The number of benzene rings is 1. The van der Waals surface area contributed by atoms with Crippen LogP contribution in [0.4, 0.5) is 18.9 Å². The van der Waals surface area contributed by atoms with Crippen molar-refractivity contribution in [2.45, 2.75) is 43.1 Å². The summed E-state index contributed by atoms with van der Waals surface area (Å²) in [5, 5.41) is 8.23. The Morgan fingerprint density at radius 2 is 2.11 bits per heavy atom. The van der Waals surface area contributed by atoms with Crippen LogP contribution in [0.3, 0.4) is 0 Å². The summed E-state index contributed by atoms with van der Waals surface area (Å²) < 4.78 is 43.4. The van der Waals surface area contributed by atoms with Gasteiger partial charge < -0.3 is 15.2 Å². The second-order valence-electron chi connectivity index (χ2n) is 6.09. The smallest absolute Gasteiger partial charge is 0.361 e. The van der Waals surface area contributed by atoms with Gasteiger partial charge in [-0.05, 0) is 32.0 Å². The van der Waals surface area contributed by atoms with Crippen LogP contribution in [0.1, 0.15) is 29.0 Å². The maximum atomic E-state index is 12.8. The van der Waals surface area contributed by atoms with Crippen LogP contribution in [0, 0.1) is 13.8 Å². The van der Waals surface area contributed by atoms with E-state index >= 15 is 0 Å². The Hall–Kier alpha value is -2.49. The fourth-order valence-electron chi connectivity index (χ4n) is 2.64. The van der Waals surface area contributed by atoms with Crippen LogP contribution in [0.5, 0.6) is 0 Å². The number of hydrogen-bond donors (Lipinski definition) is 2. The van der Waals surface area contributed by atoms with E-state index in [1.54, 1.807) is 13.8 Å². The van der Waals surface area contributed by atoms with Crippen LogP contribution >= 0.6 is 11.8 Å². The zero-order chi connectivity index (χ0) is 19.8. The van der Waals surface area contributed by atoms with Gasteiger partial charge in [0.15, 0.2) is 0 Å². The predicted molar refractivity (Wildman–Crippen MR) is 92.2 cm³/mol. The Bertz CT molecular complexity index is 876. The molecule has 144 valence electrons. The zero-order valence-electron chi connectivity index (χ0n) is 14.4. The van der Waals surface area contributed by atoms with Crippen LogP contribution in [0.15, 0.2) is 27.6 Å². The number of rotatable bonds is 4. The maximum absolute atomic E-state index is 12.8. The number of carbonyl (C=O) groups is 2. The Kier molecular flexibility index (Phi) is 5.18. The van der Waals surface area contributed by atoms with Gasteiger partial charge in [-0.3, -0.25) is 9.59 Å². The highest BCUT2D eigenvalue weighted by atomic mass is 32.2. The molecule has 27 heavy (non-hydrogen) atoms. The van der Waals surface area contributed by atoms with Crippen molar-refractivity contribution < 1.29 is 27.3 Å². The Labute approximate surface area is 156 Å². The van der Waals surface area contributed by atoms with E-state index in [4.69, 9.17) is 4.52 Å². The first-order valence-corrected chi connectivity index (χ1v) is 8.90. The van der Waals surface area contributed by atoms with Crippen molar-refractivity contribution in [1.82, 2.24) is 10.5 Å². The summed E-state index contributed by atoms with van der Waals surface area (Å²) in [4.78, 5) is 24.8. The van der Waals surface area contributed by atoms with Gasteiger partial charge in [0.25, 0.3) is 0 Å². The Morgan fingerprint density at radius 1 is 1.37 bits per heavy atom. The lowest BCUT2D eigenvalue weighted by Crippen LogP contribution is -2.35. The van der Waals surface area contributed by atoms with Gasteiger partial charge in [0.2, 0.25) is 11.8 Å². The normalized spacial score (nSPS) is 16.6. The van der Waals surface area contributed by atoms with Crippen molar-refractivity contribution in [3.63, 3.8) is 0 Å². The second kappa shape index (κ2) is 7.26. The fourth-order valence-corrected chi connectivity index (χ4v) is 3.73. The van der Waals surface area contributed by atoms with Crippen LogP contribution in [-0.4, -0.2) is 22.2 Å². The summed E-state index contributed by atoms with van der Waals surface area (Å²) in [7, 11) is 0. The maximum Gasteiger partial charge on any atom is 0.416 e. The molecule has 1 aliphatic rings. The van der Waals surface area contributed by atoms with Gasteiger partial charge in [-0.2, -0.15) is 13.2 Å². The number of aromatic nitrogens is 1. The minimum Gasteiger partial charge on any atom is -0.361 e. The van der Waals surface area contributed by atoms with Crippen molar-refractivity contribution in [3.05, 3.63) is 40.8 Å². The fraction of sp³-hybridized carbons (Fsp3) is 0.353. The van der Waals surface area contributed by atoms with Crippen LogP contribution < -0.4 is 10.6 Å². The van der Waals surface area contributed by atoms with E-state index in [0.717, 1.165) is 29.5 Å². The summed E-state index contributed by atoms with van der Waals surface area (Å²) in [5.41, 5.74) is 0.714. The van der Waals surface area contributed by atoms with E-state index in [0.29, 0.717) is 16.3 Å². The van der Waals surface area contributed by atoms with Gasteiger partial charge >= 0.3 is 6.18 Å². The topological polar surface area (TPSA) is 84.2 Å². The van der Waals surface area contributed by atoms with Gasteiger partial charge in [-0.1, -0.05) is 5.16 Å². The molecule has 2 heterocycles. The summed E-state index contributed by atoms with van der Waals surface area (Å²) in [6.45, 7) is 3.72. The van der Waals surface area contributed by atoms with Gasteiger partial charge in [-0.25, -0.2) is 0 Å². The minimum absolute atomic E-state index is 0.0969. The van der Waals surface area contributed by atoms with Crippen LogP contribution in [0.25, 0.3) is 0 Å². The number of thioether (sulfide) groups is 1. The molecule has 0 spiro atoms. The molecule has 2 aromatic rings. The SMILES string of the molecule is Cc1noc(C)c1CNC(=O)CC1Sc2ccc(C(F)(F)F)cc2NC1=O. The summed E-state index contributed by atoms with van der Waals surface area (Å²) in [6, 6.07) is 3.16. The molecule has 3 rings (SSSR count). The van der Waals surface area contributed by atoms with Gasteiger partial charge in [0.05, 0.1) is 22.2 Å². The summed E-state index contributed by atoms with van der Waals surface area (Å²) in [5.74, 6) is -0.246. The highest BCUT2D eigenvalue weighted by molar-refractivity contribution is 8.01. The number of fused-ring (bicyclic) bond motifs is 1. The van der Waals surface area contributed by atoms with E-state index in [1.807, 2.05) is 0 Å². The Balaban J connectivity index is 1.63. The third kappa shape index (κ3) is 4.26. The predicted octanol–water partition coefficient (Wildman–Crippen LogP) is 3.43. The van der Waals surface area contributed by atoms with Crippen molar-refractivity contribution in [1.29, 1.82) is 0 Å². The molecule has 6 nitrogen and oxygen atoms in total. The Morgan fingerprint density at radius 3 is 2.74 bits per heavy atom. The summed E-state index contributed by atoms with van der Waals surface area (Å²) in [6.07, 6.45) is -4.58. The molecule has 0 fully saturated rings. The molecule has 2 amide bonds. The molecular weight excluding hydrogens is 383 g/mol. The van der Waals surface area contributed by atoms with E-state index in [-0.39, 0.29) is 24.6 Å². The molecule has 0 aliphatic carbocycles. The molecule has 10 heteroatoms. The third-order valence-electron chi connectivity index (χ3n) is 4.14. The van der Waals surface area contributed by atoms with Gasteiger partial charge in [-0.15, -0.1) is 11.8 Å². The lowest BCUT2D eigenvalue weighted by molar-refractivity contribution is -0.137. The second-order valence-corrected chi connectivity index (χ2v) is 7.33. The monoisotopic (exact) mass is 399 g/mol. The van der Waals surface area contributed by atoms with Crippen LogP contribution in [0.2, 0.25) is 0 Å². The largest absolute Gasteiger partial charge is 0.416 e. The highest BCUT2D eigenvalue weighted by Gasteiger charge is 2.34. The molecule has 1 unspecified atom stereocenters. The summed E-state index contributed by atoms with van der Waals surface area (Å²) >= 11 is 1.07. The minimum atomic E-state index is -4.49. The number of nitrogens with zero attached hydrogens (tertiary/aromatic N) is 1. The lowest BCUT2D eigenvalue weighted by atomic mass is 10.1. The van der Waals surface area contributed by atoms with Gasteiger partial charge in [0.1, 0.15) is 5.76 Å². The van der Waals surface area contributed by atoms with Crippen molar-refractivity contribution in [2.75, 3.05) is 5.32 Å². The number of amides is 2.